The fraction of sp³-hybridized carbons (Fsp3) is 0.316. The highest BCUT2D eigenvalue weighted by atomic mass is 16.3. The van der Waals surface area contributed by atoms with E-state index in [0.29, 0.717) is 0 Å². The average Bonchev–Trinajstić information content (AvgIpc) is 2.98. The number of benzene rings is 2. The fourth-order valence-corrected chi connectivity index (χ4v) is 3.15. The minimum atomic E-state index is -1.13. The number of hydrogen-bond acceptors (Lipinski definition) is 3. The zero-order valence-corrected chi connectivity index (χ0v) is 13.6. The highest BCUT2D eigenvalue weighted by Crippen LogP contribution is 2.36. The molecule has 0 radical (unpaired) electrons. The van der Waals surface area contributed by atoms with Crippen LogP contribution in [0.4, 0.5) is 4.79 Å². The van der Waals surface area contributed by atoms with E-state index in [1.807, 2.05) is 36.4 Å². The Labute approximate surface area is 141 Å². The van der Waals surface area contributed by atoms with Crippen molar-refractivity contribution in [1.29, 1.82) is 0 Å². The van der Waals surface area contributed by atoms with Gasteiger partial charge < -0.3 is 20.8 Å². The van der Waals surface area contributed by atoms with Crippen LogP contribution in [-0.4, -0.2) is 22.8 Å². The molecule has 3 rings (SSSR count). The molecule has 1 aliphatic carbocycles. The summed E-state index contributed by atoms with van der Waals surface area (Å²) in [6.07, 6.45) is 1.50. The van der Waals surface area contributed by atoms with Gasteiger partial charge in [0.2, 0.25) is 0 Å². The van der Waals surface area contributed by atoms with Crippen LogP contribution in [0, 0.1) is 0 Å². The van der Waals surface area contributed by atoms with Crippen LogP contribution < -0.4 is 10.6 Å². The number of fused-ring (bicyclic) bond motifs is 1. The first-order valence-corrected chi connectivity index (χ1v) is 8.10. The van der Waals surface area contributed by atoms with Crippen molar-refractivity contribution in [2.45, 2.75) is 31.4 Å². The second-order valence-electron chi connectivity index (χ2n) is 6.40. The zero-order chi connectivity index (χ0) is 17.2. The van der Waals surface area contributed by atoms with Gasteiger partial charge in [-0.15, -0.1) is 0 Å². The monoisotopic (exact) mass is 326 g/mol. The molecule has 0 aromatic heterocycles. The lowest BCUT2D eigenvalue weighted by atomic mass is 9.96. The standard InChI is InChI=1S/C19H22N2O3/c1-19(24,13-6-3-2-4-7-13)12-20-18(23)21-16-11-10-15-14(16)8-5-9-17(15)22/h2-9,16,22,24H,10-12H2,1H3,(H2,20,21,23). The molecule has 126 valence electrons. The molecule has 0 saturated heterocycles. The normalized spacial score (nSPS) is 18.5. The lowest BCUT2D eigenvalue weighted by molar-refractivity contribution is 0.0592. The first-order chi connectivity index (χ1) is 11.5. The topological polar surface area (TPSA) is 81.6 Å². The molecule has 5 heteroatoms. The maximum Gasteiger partial charge on any atom is 0.315 e. The Bertz CT molecular complexity index is 729. The van der Waals surface area contributed by atoms with E-state index in [0.717, 1.165) is 29.5 Å². The number of carbonyl (C=O) groups is 1. The Morgan fingerprint density at radius 1 is 1.21 bits per heavy atom. The van der Waals surface area contributed by atoms with E-state index in [-0.39, 0.29) is 24.4 Å². The van der Waals surface area contributed by atoms with Crippen molar-refractivity contribution in [3.8, 4) is 5.75 Å². The largest absolute Gasteiger partial charge is 0.508 e. The highest BCUT2D eigenvalue weighted by molar-refractivity contribution is 5.75. The number of carbonyl (C=O) groups excluding carboxylic acids is 1. The lowest BCUT2D eigenvalue weighted by Gasteiger charge is -2.25. The van der Waals surface area contributed by atoms with Crippen LogP contribution in [0.15, 0.2) is 48.5 Å². The third-order valence-electron chi connectivity index (χ3n) is 4.54. The number of urea groups is 1. The number of phenols is 1. The number of hydrogen-bond donors (Lipinski definition) is 4. The summed E-state index contributed by atoms with van der Waals surface area (Å²) < 4.78 is 0. The number of phenolic OH excluding ortho intramolecular Hbond substituents is 1. The van der Waals surface area contributed by atoms with Gasteiger partial charge in [0.1, 0.15) is 11.4 Å². The van der Waals surface area contributed by atoms with Gasteiger partial charge in [-0.1, -0.05) is 42.5 Å². The first kappa shape index (κ1) is 16.3. The van der Waals surface area contributed by atoms with E-state index in [9.17, 15) is 15.0 Å². The number of aliphatic hydroxyl groups is 1. The average molecular weight is 326 g/mol. The van der Waals surface area contributed by atoms with Gasteiger partial charge in [0.05, 0.1) is 12.6 Å². The number of amides is 2. The molecule has 0 fully saturated rings. The SMILES string of the molecule is CC(O)(CNC(=O)NC1CCc2c(O)cccc21)c1ccccc1. The molecule has 5 nitrogen and oxygen atoms in total. The van der Waals surface area contributed by atoms with Crippen molar-refractivity contribution in [1.82, 2.24) is 10.6 Å². The van der Waals surface area contributed by atoms with E-state index >= 15 is 0 Å². The van der Waals surface area contributed by atoms with Gasteiger partial charge >= 0.3 is 6.03 Å². The summed E-state index contributed by atoms with van der Waals surface area (Å²) in [7, 11) is 0. The van der Waals surface area contributed by atoms with Gasteiger partial charge in [0.25, 0.3) is 0 Å². The summed E-state index contributed by atoms with van der Waals surface area (Å²) in [4.78, 5) is 12.2. The summed E-state index contributed by atoms with van der Waals surface area (Å²) in [6.45, 7) is 1.79. The molecule has 0 aliphatic heterocycles. The van der Waals surface area contributed by atoms with E-state index < -0.39 is 5.60 Å². The lowest BCUT2D eigenvalue weighted by Crippen LogP contribution is -2.44. The number of aromatic hydroxyl groups is 1. The predicted molar refractivity (Wildman–Crippen MR) is 91.7 cm³/mol. The second-order valence-corrected chi connectivity index (χ2v) is 6.40. The second kappa shape index (κ2) is 6.53. The minimum Gasteiger partial charge on any atom is -0.508 e. The Kier molecular flexibility index (Phi) is 4.44. The van der Waals surface area contributed by atoms with Gasteiger partial charge in [0.15, 0.2) is 0 Å². The van der Waals surface area contributed by atoms with Crippen LogP contribution in [0.25, 0.3) is 0 Å². The number of nitrogens with one attached hydrogen (secondary N) is 2. The molecule has 0 bridgehead atoms. The Morgan fingerprint density at radius 3 is 2.71 bits per heavy atom. The van der Waals surface area contributed by atoms with Crippen LogP contribution in [0.2, 0.25) is 0 Å². The fourth-order valence-electron chi connectivity index (χ4n) is 3.15. The van der Waals surface area contributed by atoms with Crippen LogP contribution in [0.5, 0.6) is 5.75 Å². The van der Waals surface area contributed by atoms with Crippen molar-refractivity contribution in [2.75, 3.05) is 6.54 Å². The summed E-state index contributed by atoms with van der Waals surface area (Å²) in [5.41, 5.74) is 1.48. The van der Waals surface area contributed by atoms with Gasteiger partial charge in [-0.2, -0.15) is 0 Å². The van der Waals surface area contributed by atoms with E-state index in [2.05, 4.69) is 10.6 Å². The smallest absolute Gasteiger partial charge is 0.315 e. The molecule has 2 aromatic carbocycles. The van der Waals surface area contributed by atoms with Crippen molar-refractivity contribution in [2.24, 2.45) is 0 Å². The molecule has 4 N–H and O–H groups in total. The third-order valence-corrected chi connectivity index (χ3v) is 4.54. The Hall–Kier alpha value is -2.53. The third kappa shape index (κ3) is 3.36. The van der Waals surface area contributed by atoms with Crippen molar-refractivity contribution in [3.63, 3.8) is 0 Å². The highest BCUT2D eigenvalue weighted by Gasteiger charge is 2.27. The maximum absolute atomic E-state index is 12.2. The molecule has 2 amide bonds. The summed E-state index contributed by atoms with van der Waals surface area (Å²) >= 11 is 0. The summed E-state index contributed by atoms with van der Waals surface area (Å²) in [6, 6.07) is 14.2. The van der Waals surface area contributed by atoms with Crippen LogP contribution in [0.3, 0.4) is 0 Å². The molecule has 24 heavy (non-hydrogen) atoms. The Balaban J connectivity index is 1.59. The first-order valence-electron chi connectivity index (χ1n) is 8.10. The maximum atomic E-state index is 12.2. The van der Waals surface area contributed by atoms with Crippen LogP contribution in [0.1, 0.15) is 36.1 Å². The zero-order valence-electron chi connectivity index (χ0n) is 13.6. The summed E-state index contributed by atoms with van der Waals surface area (Å²) in [5, 5.41) is 26.0. The van der Waals surface area contributed by atoms with Gasteiger partial charge in [0, 0.05) is 0 Å². The molecular formula is C19H22N2O3. The molecule has 0 heterocycles. The Morgan fingerprint density at radius 2 is 1.96 bits per heavy atom. The van der Waals surface area contributed by atoms with E-state index in [4.69, 9.17) is 0 Å². The van der Waals surface area contributed by atoms with E-state index in [1.54, 1.807) is 19.1 Å². The van der Waals surface area contributed by atoms with Gasteiger partial charge in [-0.3, -0.25) is 0 Å². The van der Waals surface area contributed by atoms with E-state index in [1.165, 1.54) is 0 Å². The number of rotatable bonds is 4. The van der Waals surface area contributed by atoms with Crippen LogP contribution in [-0.2, 0) is 12.0 Å². The molecule has 0 saturated carbocycles. The molecule has 1 aliphatic rings. The quantitative estimate of drug-likeness (QED) is 0.697. The molecule has 2 unspecified atom stereocenters. The molecule has 2 atom stereocenters. The van der Waals surface area contributed by atoms with Crippen molar-refractivity contribution >= 4 is 6.03 Å². The van der Waals surface area contributed by atoms with Crippen molar-refractivity contribution < 1.29 is 15.0 Å². The van der Waals surface area contributed by atoms with Crippen LogP contribution >= 0.6 is 0 Å². The molecule has 0 spiro atoms. The van der Waals surface area contributed by atoms with Gasteiger partial charge in [-0.05, 0) is 42.5 Å². The summed E-state index contributed by atoms with van der Waals surface area (Å²) in [5.74, 6) is 0.282. The van der Waals surface area contributed by atoms with Crippen molar-refractivity contribution in [3.05, 3.63) is 65.2 Å². The minimum absolute atomic E-state index is 0.114. The molecular weight excluding hydrogens is 304 g/mol. The van der Waals surface area contributed by atoms with Gasteiger partial charge in [-0.25, -0.2) is 4.79 Å². The predicted octanol–water partition coefficient (Wildman–Crippen LogP) is 2.59. The molecule has 2 aromatic rings.